The standard InChI is InChI=1S/C21H41N5O12/c1-26-9-13(31)18-17(37-20(9)38-21-15(33)11(29)7(24)6(3-27)34-21)12(30)8(25)19(36-18)35-16-5(23)2-4(22)10(28)14(16)32/h4-21,26-33H,2-3,22-25H2,1H3/t4-,5+,6-,7-,8-,9+,10+,11+,12+,13-,14-,15-,16-,17+,18-,19+,20-,21-/m1/s1. The fourth-order valence-electron chi connectivity index (χ4n) is 5.47. The number of nitrogens with one attached hydrogen (secondary N) is 1. The van der Waals surface area contributed by atoms with E-state index in [0.717, 1.165) is 0 Å². The minimum absolute atomic E-state index is 0.151. The van der Waals surface area contributed by atoms with Crippen molar-refractivity contribution in [3.05, 3.63) is 0 Å². The number of nitrogens with two attached hydrogens (primary N) is 4. The van der Waals surface area contributed by atoms with Crippen LogP contribution in [0, 0.1) is 0 Å². The maximum Gasteiger partial charge on any atom is 0.189 e. The van der Waals surface area contributed by atoms with Crippen LogP contribution in [0.15, 0.2) is 0 Å². The van der Waals surface area contributed by atoms with E-state index in [1.165, 1.54) is 7.05 Å². The zero-order valence-corrected chi connectivity index (χ0v) is 20.8. The molecule has 3 aliphatic heterocycles. The van der Waals surface area contributed by atoms with Crippen LogP contribution in [-0.2, 0) is 23.7 Å². The molecule has 222 valence electrons. The summed E-state index contributed by atoms with van der Waals surface area (Å²) in [6.07, 6.45) is -17.3. The topological polar surface area (TPSA) is 304 Å². The second-order valence-electron chi connectivity index (χ2n) is 10.4. The van der Waals surface area contributed by atoms with Crippen molar-refractivity contribution in [3.8, 4) is 0 Å². The van der Waals surface area contributed by atoms with Gasteiger partial charge in [0.1, 0.15) is 54.9 Å². The maximum absolute atomic E-state index is 11.1. The van der Waals surface area contributed by atoms with E-state index in [1.54, 1.807) is 0 Å². The van der Waals surface area contributed by atoms with Gasteiger partial charge in [-0.15, -0.1) is 0 Å². The van der Waals surface area contributed by atoms with Crippen LogP contribution < -0.4 is 28.3 Å². The molecule has 0 aromatic heterocycles. The molecule has 0 bridgehead atoms. The number of rotatable bonds is 6. The van der Waals surface area contributed by atoms with Gasteiger partial charge in [0.05, 0.1) is 30.8 Å². The number of fused-ring (bicyclic) bond motifs is 1. The molecular formula is C21H41N5O12. The van der Waals surface area contributed by atoms with Crippen LogP contribution in [0.1, 0.15) is 6.42 Å². The van der Waals surface area contributed by atoms with Crippen molar-refractivity contribution in [1.29, 1.82) is 0 Å². The molecule has 17 heteroatoms. The smallest absolute Gasteiger partial charge is 0.189 e. The first-order valence-electron chi connectivity index (χ1n) is 12.6. The van der Waals surface area contributed by atoms with Gasteiger partial charge in [0.25, 0.3) is 0 Å². The maximum atomic E-state index is 11.1. The van der Waals surface area contributed by atoms with Gasteiger partial charge in [-0.3, -0.25) is 0 Å². The molecule has 0 unspecified atom stereocenters. The third-order valence-electron chi connectivity index (χ3n) is 7.87. The Bertz CT molecular complexity index is 789. The third kappa shape index (κ3) is 5.46. The highest BCUT2D eigenvalue weighted by Crippen LogP contribution is 2.35. The Morgan fingerprint density at radius 2 is 1.32 bits per heavy atom. The molecule has 0 spiro atoms. The monoisotopic (exact) mass is 555 g/mol. The SMILES string of the molecule is CN[C@@H]1[C@@H](O[C@H]2O[C@H](CO)[C@@H](N)[C@H](O)[C@H]2O)O[C@H]2[C@@H](O)[C@@H](N)[C@@H](O[C@H]3[C@H](O)[C@@H](O)[C@H](N)C[C@@H]3N)O[C@@H]2[C@@H]1O. The van der Waals surface area contributed by atoms with Gasteiger partial charge in [-0.05, 0) is 13.5 Å². The summed E-state index contributed by atoms with van der Waals surface area (Å²) in [6.45, 7) is -0.551. The minimum Gasteiger partial charge on any atom is -0.394 e. The van der Waals surface area contributed by atoms with Gasteiger partial charge in [-0.25, -0.2) is 0 Å². The van der Waals surface area contributed by atoms with Crippen molar-refractivity contribution in [2.45, 2.75) is 117 Å². The summed E-state index contributed by atoms with van der Waals surface area (Å²) in [5.74, 6) is 0. The van der Waals surface area contributed by atoms with E-state index < -0.39 is 117 Å². The summed E-state index contributed by atoms with van der Waals surface area (Å²) in [4.78, 5) is 0. The summed E-state index contributed by atoms with van der Waals surface area (Å²) in [7, 11) is 1.49. The summed E-state index contributed by atoms with van der Waals surface area (Å²) < 4.78 is 28.8. The Kier molecular flexibility index (Phi) is 9.60. The van der Waals surface area contributed by atoms with Gasteiger partial charge in [-0.1, -0.05) is 0 Å². The molecule has 3 heterocycles. The average Bonchev–Trinajstić information content (AvgIpc) is 2.89. The Balaban J connectivity index is 1.48. The van der Waals surface area contributed by atoms with Gasteiger partial charge >= 0.3 is 0 Å². The predicted octanol–water partition coefficient (Wildman–Crippen LogP) is -7.98. The van der Waals surface area contributed by atoms with Crippen LogP contribution in [0.3, 0.4) is 0 Å². The molecule has 0 amide bonds. The number of hydrogen-bond donors (Lipinski definition) is 12. The molecule has 0 aromatic carbocycles. The molecule has 38 heavy (non-hydrogen) atoms. The second-order valence-corrected chi connectivity index (χ2v) is 10.4. The lowest BCUT2D eigenvalue weighted by Crippen LogP contribution is -2.74. The van der Waals surface area contributed by atoms with Crippen molar-refractivity contribution in [1.82, 2.24) is 5.32 Å². The molecule has 17 nitrogen and oxygen atoms in total. The lowest BCUT2D eigenvalue weighted by atomic mass is 9.84. The van der Waals surface area contributed by atoms with E-state index in [4.69, 9.17) is 46.6 Å². The molecule has 0 radical (unpaired) electrons. The van der Waals surface area contributed by atoms with Crippen LogP contribution in [0.25, 0.3) is 0 Å². The normalized spacial score (nSPS) is 55.9. The molecule has 4 fully saturated rings. The van der Waals surface area contributed by atoms with E-state index in [9.17, 15) is 35.7 Å². The van der Waals surface area contributed by atoms with E-state index >= 15 is 0 Å². The Hall–Kier alpha value is -0.680. The minimum atomic E-state index is -1.61. The number of aliphatic hydroxyl groups excluding tert-OH is 7. The summed E-state index contributed by atoms with van der Waals surface area (Å²) in [5, 5.41) is 75.6. The number of ether oxygens (including phenoxy) is 5. The summed E-state index contributed by atoms with van der Waals surface area (Å²) in [5.41, 5.74) is 23.8. The van der Waals surface area contributed by atoms with Crippen molar-refractivity contribution < 1.29 is 59.4 Å². The molecular weight excluding hydrogens is 514 g/mol. The second kappa shape index (κ2) is 12.0. The molecule has 4 aliphatic rings. The Labute approximate surface area is 218 Å². The van der Waals surface area contributed by atoms with Crippen molar-refractivity contribution in [2.24, 2.45) is 22.9 Å². The van der Waals surface area contributed by atoms with E-state index in [-0.39, 0.29) is 6.42 Å². The Morgan fingerprint density at radius 1 is 0.684 bits per heavy atom. The Morgan fingerprint density at radius 3 is 1.95 bits per heavy atom. The summed E-state index contributed by atoms with van der Waals surface area (Å²) >= 11 is 0. The quantitative estimate of drug-likeness (QED) is 0.145. The van der Waals surface area contributed by atoms with E-state index in [2.05, 4.69) is 5.32 Å². The van der Waals surface area contributed by atoms with Crippen molar-refractivity contribution in [2.75, 3.05) is 13.7 Å². The molecule has 1 aliphatic carbocycles. The zero-order chi connectivity index (χ0) is 28.0. The van der Waals surface area contributed by atoms with Crippen LogP contribution in [-0.4, -0.2) is 160 Å². The highest BCUT2D eigenvalue weighted by molar-refractivity contribution is 5.04. The molecule has 4 rings (SSSR count). The molecule has 0 aromatic rings. The number of hydrogen-bond acceptors (Lipinski definition) is 17. The van der Waals surface area contributed by atoms with E-state index in [1.807, 2.05) is 0 Å². The highest BCUT2D eigenvalue weighted by Gasteiger charge is 2.57. The van der Waals surface area contributed by atoms with E-state index in [0.29, 0.717) is 0 Å². The first-order valence-corrected chi connectivity index (χ1v) is 12.6. The fraction of sp³-hybridized carbons (Fsp3) is 1.00. The van der Waals surface area contributed by atoms with Crippen LogP contribution in [0.2, 0.25) is 0 Å². The molecule has 1 saturated carbocycles. The average molecular weight is 556 g/mol. The predicted molar refractivity (Wildman–Crippen MR) is 124 cm³/mol. The van der Waals surface area contributed by atoms with Gasteiger partial charge < -0.3 is 87.7 Å². The lowest BCUT2D eigenvalue weighted by Gasteiger charge is -2.53. The van der Waals surface area contributed by atoms with Gasteiger partial charge in [-0.2, -0.15) is 0 Å². The zero-order valence-electron chi connectivity index (χ0n) is 20.8. The fourth-order valence-corrected chi connectivity index (χ4v) is 5.47. The number of aliphatic hydroxyl groups is 7. The van der Waals surface area contributed by atoms with Gasteiger partial charge in [0, 0.05) is 12.1 Å². The van der Waals surface area contributed by atoms with Crippen LogP contribution >= 0.6 is 0 Å². The first-order chi connectivity index (χ1) is 17.9. The molecule has 3 saturated heterocycles. The first kappa shape index (κ1) is 30.3. The molecule has 16 N–H and O–H groups in total. The number of likely N-dealkylation sites (N-methyl/N-ethyl adjacent to an activating group) is 1. The lowest BCUT2D eigenvalue weighted by molar-refractivity contribution is -0.384. The van der Waals surface area contributed by atoms with Crippen molar-refractivity contribution in [3.63, 3.8) is 0 Å². The van der Waals surface area contributed by atoms with Crippen LogP contribution in [0.4, 0.5) is 0 Å². The third-order valence-corrected chi connectivity index (χ3v) is 7.87. The van der Waals surface area contributed by atoms with Gasteiger partial charge in [0.2, 0.25) is 0 Å². The molecule has 18 atom stereocenters. The van der Waals surface area contributed by atoms with Crippen molar-refractivity contribution >= 4 is 0 Å². The van der Waals surface area contributed by atoms with Gasteiger partial charge in [0.15, 0.2) is 18.9 Å². The summed E-state index contributed by atoms with van der Waals surface area (Å²) in [6, 6.07) is -4.84. The largest absolute Gasteiger partial charge is 0.394 e. The highest BCUT2D eigenvalue weighted by atomic mass is 16.8. The van der Waals surface area contributed by atoms with Crippen LogP contribution in [0.5, 0.6) is 0 Å².